The van der Waals surface area contributed by atoms with Crippen molar-refractivity contribution in [3.8, 4) is 11.8 Å². The minimum atomic E-state index is -1.66. The van der Waals surface area contributed by atoms with Crippen LogP contribution < -0.4 is 0 Å². The summed E-state index contributed by atoms with van der Waals surface area (Å²) in [5.41, 5.74) is 0. The highest BCUT2D eigenvalue weighted by molar-refractivity contribution is 6.81. The van der Waals surface area contributed by atoms with Gasteiger partial charge in [-0.05, 0) is 32.5 Å². The lowest BCUT2D eigenvalue weighted by Gasteiger charge is -2.40. The monoisotopic (exact) mass is 270 g/mol. The molecule has 0 aliphatic carbocycles. The van der Waals surface area contributed by atoms with E-state index >= 15 is 0 Å². The first kappa shape index (κ1) is 16.6. The summed E-state index contributed by atoms with van der Waals surface area (Å²) >= 11 is 0. The third kappa shape index (κ3) is 5.67. The Morgan fingerprint density at radius 1 is 1.18 bits per heavy atom. The largest absolute Gasteiger partial charge is 0.405 e. The molecule has 0 aliphatic rings. The van der Waals surface area contributed by atoms with Crippen LogP contribution in [0.2, 0.25) is 39.3 Å². The maximum Gasteiger partial charge on any atom is 0.205 e. The van der Waals surface area contributed by atoms with E-state index in [0.29, 0.717) is 6.42 Å². The van der Waals surface area contributed by atoms with Crippen molar-refractivity contribution in [2.75, 3.05) is 0 Å². The molecule has 0 heterocycles. The predicted molar refractivity (Wildman–Crippen MR) is 79.3 cm³/mol. The topological polar surface area (TPSA) is 26.3 Å². The number of carbonyl (C=O) groups excluding carboxylic acids is 1. The van der Waals surface area contributed by atoms with Gasteiger partial charge in [0.05, 0.1) is 8.07 Å². The third-order valence-corrected chi connectivity index (χ3v) is 7.02. The van der Waals surface area contributed by atoms with E-state index in [2.05, 4.69) is 51.1 Å². The van der Waals surface area contributed by atoms with Gasteiger partial charge in [0.25, 0.3) is 0 Å². The van der Waals surface area contributed by atoms with Crippen LogP contribution in [0.5, 0.6) is 0 Å². The maximum atomic E-state index is 11.3. The lowest BCUT2D eigenvalue weighted by molar-refractivity contribution is -0.113. The Morgan fingerprint density at radius 2 is 1.65 bits per heavy atom. The van der Waals surface area contributed by atoms with E-state index in [0.717, 1.165) is 0 Å². The Kier molecular flexibility index (Phi) is 5.39. The third-order valence-electron chi connectivity index (χ3n) is 2.70. The predicted octanol–water partition coefficient (Wildman–Crippen LogP) is 3.46. The summed E-state index contributed by atoms with van der Waals surface area (Å²) < 4.78 is 6.26. The first-order valence-electron chi connectivity index (χ1n) is 6.17. The van der Waals surface area contributed by atoms with Gasteiger partial charge >= 0.3 is 0 Å². The van der Waals surface area contributed by atoms with Crippen molar-refractivity contribution in [2.45, 2.75) is 64.8 Å². The summed E-state index contributed by atoms with van der Waals surface area (Å²) in [6.45, 7) is 17.1. The zero-order valence-corrected chi connectivity index (χ0v) is 14.5. The molecule has 0 N–H and O–H groups in total. The normalized spacial score (nSPS) is 15.8. The number of Topliss-reactive ketones (excluding diaryl/α,β-unsaturated/α-hetero) is 1. The SMILES string of the molecule is CCC(=O)C#CC(C)(O[Si](C)(C)C)[Si](C)(C)C. The Balaban J connectivity index is 5.26. The highest BCUT2D eigenvalue weighted by Crippen LogP contribution is 2.27. The summed E-state index contributed by atoms with van der Waals surface area (Å²) in [6.07, 6.45) is 0.474. The average molecular weight is 271 g/mol. The van der Waals surface area contributed by atoms with Gasteiger partial charge in [-0.3, -0.25) is 4.79 Å². The van der Waals surface area contributed by atoms with Crippen LogP contribution in [0.1, 0.15) is 20.3 Å². The number of ketones is 1. The second kappa shape index (κ2) is 5.51. The Hall–Kier alpha value is -0.376. The molecule has 0 aromatic heterocycles. The van der Waals surface area contributed by atoms with Crippen LogP contribution in [0.4, 0.5) is 0 Å². The van der Waals surface area contributed by atoms with Crippen LogP contribution in [0.15, 0.2) is 0 Å². The standard InChI is InChI=1S/C13H26O2Si2/c1-9-12(14)10-11-13(2,16(3,4)5)15-17(6,7)8/h9H2,1-8H3. The molecule has 98 valence electrons. The highest BCUT2D eigenvalue weighted by atomic mass is 28.4. The second-order valence-corrected chi connectivity index (χ2v) is 16.4. The second-order valence-electron chi connectivity index (χ2n) is 6.52. The van der Waals surface area contributed by atoms with Crippen LogP contribution in [0.25, 0.3) is 0 Å². The minimum Gasteiger partial charge on any atom is -0.405 e. The molecular weight excluding hydrogens is 244 g/mol. The zero-order valence-electron chi connectivity index (χ0n) is 12.5. The van der Waals surface area contributed by atoms with Crippen molar-refractivity contribution in [3.05, 3.63) is 0 Å². The molecule has 0 aromatic rings. The molecule has 0 saturated heterocycles. The summed E-state index contributed by atoms with van der Waals surface area (Å²) in [5, 5.41) is -0.428. The van der Waals surface area contributed by atoms with Gasteiger partial charge in [-0.2, -0.15) is 0 Å². The van der Waals surface area contributed by atoms with Gasteiger partial charge in [0.15, 0.2) is 8.32 Å². The molecule has 17 heavy (non-hydrogen) atoms. The maximum absolute atomic E-state index is 11.3. The van der Waals surface area contributed by atoms with E-state index in [4.69, 9.17) is 4.43 Å². The number of hydrogen-bond donors (Lipinski definition) is 0. The summed E-state index contributed by atoms with van der Waals surface area (Å²) in [7, 11) is -3.28. The Morgan fingerprint density at radius 3 is 1.94 bits per heavy atom. The van der Waals surface area contributed by atoms with Gasteiger partial charge in [0.2, 0.25) is 5.78 Å². The first-order valence-corrected chi connectivity index (χ1v) is 13.1. The molecule has 0 fully saturated rings. The zero-order chi connectivity index (χ0) is 13.9. The Bertz CT molecular complexity index is 339. The molecule has 1 unspecified atom stereocenters. The molecule has 2 nitrogen and oxygen atoms in total. The molecule has 0 amide bonds. The van der Waals surface area contributed by atoms with E-state index < -0.39 is 21.6 Å². The molecule has 0 spiro atoms. The quantitative estimate of drug-likeness (QED) is 0.444. The van der Waals surface area contributed by atoms with Gasteiger partial charge in [0, 0.05) is 6.42 Å². The van der Waals surface area contributed by atoms with E-state index in [9.17, 15) is 4.79 Å². The molecule has 0 aromatic carbocycles. The van der Waals surface area contributed by atoms with Crippen LogP contribution >= 0.6 is 0 Å². The molecule has 0 bridgehead atoms. The van der Waals surface area contributed by atoms with Gasteiger partial charge in [-0.15, -0.1) is 0 Å². The minimum absolute atomic E-state index is 0.00588. The van der Waals surface area contributed by atoms with Crippen molar-refractivity contribution in [1.29, 1.82) is 0 Å². The summed E-state index contributed by atoms with van der Waals surface area (Å²) in [6, 6.07) is 0. The van der Waals surface area contributed by atoms with Crippen LogP contribution in [-0.2, 0) is 9.22 Å². The van der Waals surface area contributed by atoms with Crippen molar-refractivity contribution in [2.24, 2.45) is 0 Å². The average Bonchev–Trinajstić information content (AvgIpc) is 2.09. The Labute approximate surface area is 108 Å². The van der Waals surface area contributed by atoms with Crippen LogP contribution in [0.3, 0.4) is 0 Å². The van der Waals surface area contributed by atoms with Crippen molar-refractivity contribution in [3.63, 3.8) is 0 Å². The number of hydrogen-bond acceptors (Lipinski definition) is 2. The fourth-order valence-corrected chi connectivity index (χ4v) is 5.11. The van der Waals surface area contributed by atoms with Crippen molar-refractivity contribution < 1.29 is 9.22 Å². The lowest BCUT2D eigenvalue weighted by Crippen LogP contribution is -2.55. The van der Waals surface area contributed by atoms with Crippen LogP contribution in [0, 0.1) is 11.8 Å². The number of carbonyl (C=O) groups is 1. The van der Waals surface area contributed by atoms with Gasteiger partial charge in [-0.25, -0.2) is 0 Å². The molecule has 0 rings (SSSR count). The molecule has 1 atom stereocenters. The molecule has 4 heteroatoms. The van der Waals surface area contributed by atoms with Crippen molar-refractivity contribution in [1.82, 2.24) is 0 Å². The van der Waals surface area contributed by atoms with Crippen molar-refractivity contribution >= 4 is 22.2 Å². The van der Waals surface area contributed by atoms with Gasteiger partial charge in [-0.1, -0.05) is 32.5 Å². The van der Waals surface area contributed by atoms with Gasteiger partial charge in [0.1, 0.15) is 5.22 Å². The first-order chi connectivity index (χ1) is 7.41. The van der Waals surface area contributed by atoms with E-state index in [1.54, 1.807) is 0 Å². The van der Waals surface area contributed by atoms with Gasteiger partial charge < -0.3 is 4.43 Å². The van der Waals surface area contributed by atoms with E-state index in [-0.39, 0.29) is 5.78 Å². The van der Waals surface area contributed by atoms with E-state index in [1.807, 2.05) is 13.8 Å². The molecule has 0 radical (unpaired) electrons. The summed E-state index contributed by atoms with van der Waals surface area (Å²) in [4.78, 5) is 11.3. The fourth-order valence-electron chi connectivity index (χ4n) is 1.26. The van der Waals surface area contributed by atoms with E-state index in [1.165, 1.54) is 0 Å². The molecule has 0 saturated carbocycles. The fraction of sp³-hybridized carbons (Fsp3) is 0.769. The summed E-state index contributed by atoms with van der Waals surface area (Å²) in [5.74, 6) is 5.86. The number of rotatable bonds is 4. The molecule has 0 aliphatic heterocycles. The lowest BCUT2D eigenvalue weighted by atomic mass is 10.3. The van der Waals surface area contributed by atoms with Crippen LogP contribution in [-0.4, -0.2) is 27.4 Å². The molecular formula is C13H26O2Si2. The smallest absolute Gasteiger partial charge is 0.205 e. The highest BCUT2D eigenvalue weighted by Gasteiger charge is 2.42.